The minimum Gasteiger partial charge on any atom is -0.399 e. The standard InChI is InChI=1S/C16H26N4O/c1-18(2)13-7-9-20(10-8-13)15-6-5-12(17)11-14(15)16(21)19(3)4/h5-6,11,13H,7-10,17H2,1-4H3. The van der Waals surface area contributed by atoms with E-state index in [4.69, 9.17) is 5.73 Å². The lowest BCUT2D eigenvalue weighted by Crippen LogP contribution is -2.42. The average molecular weight is 290 g/mol. The summed E-state index contributed by atoms with van der Waals surface area (Å²) in [5.74, 6) is 0.00651. The second-order valence-corrected chi connectivity index (χ2v) is 6.16. The molecule has 1 amide bonds. The molecular formula is C16H26N4O. The summed E-state index contributed by atoms with van der Waals surface area (Å²) >= 11 is 0. The van der Waals surface area contributed by atoms with Gasteiger partial charge in [-0.3, -0.25) is 4.79 Å². The number of nitrogens with two attached hydrogens (primary N) is 1. The SMILES string of the molecule is CN(C)C(=O)c1cc(N)ccc1N1CCC(N(C)C)CC1. The summed E-state index contributed by atoms with van der Waals surface area (Å²) in [4.78, 5) is 18.6. The van der Waals surface area contributed by atoms with Crippen molar-refractivity contribution in [2.75, 3.05) is 51.9 Å². The number of carbonyl (C=O) groups excluding carboxylic acids is 1. The Labute approximate surface area is 127 Å². The third-order valence-corrected chi connectivity index (χ3v) is 4.19. The molecule has 0 saturated carbocycles. The molecule has 2 N–H and O–H groups in total. The fourth-order valence-corrected chi connectivity index (χ4v) is 2.86. The van der Waals surface area contributed by atoms with E-state index < -0.39 is 0 Å². The topological polar surface area (TPSA) is 52.8 Å². The molecule has 0 aliphatic carbocycles. The summed E-state index contributed by atoms with van der Waals surface area (Å²) in [6, 6.07) is 6.26. The van der Waals surface area contributed by atoms with Crippen molar-refractivity contribution in [3.8, 4) is 0 Å². The van der Waals surface area contributed by atoms with Gasteiger partial charge in [-0.15, -0.1) is 0 Å². The average Bonchev–Trinajstić information content (AvgIpc) is 2.46. The summed E-state index contributed by atoms with van der Waals surface area (Å²) in [5, 5.41) is 0. The first kappa shape index (κ1) is 15.6. The van der Waals surface area contributed by atoms with Crippen molar-refractivity contribution < 1.29 is 4.79 Å². The van der Waals surface area contributed by atoms with Gasteiger partial charge in [0.15, 0.2) is 0 Å². The molecule has 0 spiro atoms. The normalized spacial score (nSPS) is 16.3. The highest BCUT2D eigenvalue weighted by Crippen LogP contribution is 2.27. The summed E-state index contributed by atoms with van der Waals surface area (Å²) in [7, 11) is 7.80. The molecule has 1 aliphatic heterocycles. The molecule has 0 radical (unpaired) electrons. The third kappa shape index (κ3) is 3.47. The predicted octanol–water partition coefficient (Wildman–Crippen LogP) is 1.50. The van der Waals surface area contributed by atoms with Crippen LogP contribution in [0.15, 0.2) is 18.2 Å². The maximum Gasteiger partial charge on any atom is 0.255 e. The van der Waals surface area contributed by atoms with Crippen molar-refractivity contribution in [1.82, 2.24) is 9.80 Å². The zero-order valence-corrected chi connectivity index (χ0v) is 13.5. The molecular weight excluding hydrogens is 264 g/mol. The van der Waals surface area contributed by atoms with E-state index in [9.17, 15) is 4.79 Å². The lowest BCUT2D eigenvalue weighted by atomic mass is 10.0. The molecule has 0 aromatic heterocycles. The number of hydrogen-bond acceptors (Lipinski definition) is 4. The maximum atomic E-state index is 12.4. The van der Waals surface area contributed by atoms with Gasteiger partial charge in [0, 0.05) is 44.6 Å². The molecule has 0 atom stereocenters. The fraction of sp³-hybridized carbons (Fsp3) is 0.562. The molecule has 1 saturated heterocycles. The highest BCUT2D eigenvalue weighted by molar-refractivity contribution is 6.00. The summed E-state index contributed by atoms with van der Waals surface area (Å²) in [5.41, 5.74) is 8.19. The molecule has 5 nitrogen and oxygen atoms in total. The monoisotopic (exact) mass is 290 g/mol. The molecule has 21 heavy (non-hydrogen) atoms. The summed E-state index contributed by atoms with van der Waals surface area (Å²) < 4.78 is 0. The van der Waals surface area contributed by atoms with Crippen molar-refractivity contribution >= 4 is 17.3 Å². The Morgan fingerprint density at radius 3 is 2.33 bits per heavy atom. The largest absolute Gasteiger partial charge is 0.399 e. The smallest absolute Gasteiger partial charge is 0.255 e. The summed E-state index contributed by atoms with van der Waals surface area (Å²) in [6.07, 6.45) is 2.24. The molecule has 0 bridgehead atoms. The van der Waals surface area contributed by atoms with Crippen LogP contribution in [0, 0.1) is 0 Å². The number of rotatable bonds is 3. The van der Waals surface area contributed by atoms with Crippen LogP contribution >= 0.6 is 0 Å². The molecule has 0 unspecified atom stereocenters. The highest BCUT2D eigenvalue weighted by atomic mass is 16.2. The highest BCUT2D eigenvalue weighted by Gasteiger charge is 2.24. The Morgan fingerprint density at radius 1 is 1.19 bits per heavy atom. The predicted molar refractivity (Wildman–Crippen MR) is 87.8 cm³/mol. The number of carbonyl (C=O) groups is 1. The zero-order valence-electron chi connectivity index (χ0n) is 13.5. The van der Waals surface area contributed by atoms with Gasteiger partial charge in [-0.25, -0.2) is 0 Å². The second-order valence-electron chi connectivity index (χ2n) is 6.16. The van der Waals surface area contributed by atoms with E-state index in [1.54, 1.807) is 25.1 Å². The fourth-order valence-electron chi connectivity index (χ4n) is 2.86. The number of piperidine rings is 1. The van der Waals surface area contributed by atoms with Crippen molar-refractivity contribution in [3.05, 3.63) is 23.8 Å². The van der Waals surface area contributed by atoms with E-state index in [2.05, 4.69) is 23.9 Å². The number of amides is 1. The van der Waals surface area contributed by atoms with Gasteiger partial charge in [-0.1, -0.05) is 0 Å². The van der Waals surface area contributed by atoms with E-state index in [-0.39, 0.29) is 5.91 Å². The van der Waals surface area contributed by atoms with Gasteiger partial charge in [0.1, 0.15) is 0 Å². The number of nitrogens with zero attached hydrogens (tertiary/aromatic N) is 3. The van der Waals surface area contributed by atoms with Crippen LogP contribution in [0.4, 0.5) is 11.4 Å². The third-order valence-electron chi connectivity index (χ3n) is 4.19. The van der Waals surface area contributed by atoms with Crippen LogP contribution in [-0.4, -0.2) is 63.0 Å². The number of hydrogen-bond donors (Lipinski definition) is 1. The van der Waals surface area contributed by atoms with E-state index in [1.807, 2.05) is 12.1 Å². The van der Waals surface area contributed by atoms with Gasteiger partial charge in [-0.05, 0) is 45.1 Å². The van der Waals surface area contributed by atoms with E-state index >= 15 is 0 Å². The van der Waals surface area contributed by atoms with E-state index in [0.717, 1.165) is 31.6 Å². The quantitative estimate of drug-likeness (QED) is 0.857. The lowest BCUT2D eigenvalue weighted by molar-refractivity contribution is 0.0828. The molecule has 5 heteroatoms. The molecule has 1 fully saturated rings. The molecule has 1 heterocycles. The lowest BCUT2D eigenvalue weighted by Gasteiger charge is -2.37. The Kier molecular flexibility index (Phi) is 4.73. The van der Waals surface area contributed by atoms with Gasteiger partial charge in [0.05, 0.1) is 5.56 Å². The number of benzene rings is 1. The Balaban J connectivity index is 2.22. The molecule has 1 aliphatic rings. The van der Waals surface area contributed by atoms with E-state index in [1.165, 1.54) is 0 Å². The maximum absolute atomic E-state index is 12.4. The van der Waals surface area contributed by atoms with Gasteiger partial charge in [0.2, 0.25) is 0 Å². The van der Waals surface area contributed by atoms with Crippen molar-refractivity contribution in [2.45, 2.75) is 18.9 Å². The molecule has 1 aromatic carbocycles. The Morgan fingerprint density at radius 2 is 1.81 bits per heavy atom. The van der Waals surface area contributed by atoms with E-state index in [0.29, 0.717) is 17.3 Å². The van der Waals surface area contributed by atoms with Crippen LogP contribution < -0.4 is 10.6 Å². The first-order valence-electron chi connectivity index (χ1n) is 7.42. The van der Waals surface area contributed by atoms with Crippen LogP contribution in [0.5, 0.6) is 0 Å². The molecule has 2 rings (SSSR count). The van der Waals surface area contributed by atoms with Crippen LogP contribution in [0.1, 0.15) is 23.2 Å². The van der Waals surface area contributed by atoms with Crippen LogP contribution in [0.3, 0.4) is 0 Å². The zero-order chi connectivity index (χ0) is 15.6. The Bertz CT molecular complexity index is 505. The Hall–Kier alpha value is -1.75. The van der Waals surface area contributed by atoms with Gasteiger partial charge in [-0.2, -0.15) is 0 Å². The second kappa shape index (κ2) is 6.35. The van der Waals surface area contributed by atoms with Crippen LogP contribution in [0.2, 0.25) is 0 Å². The molecule has 116 valence electrons. The molecule has 1 aromatic rings. The minimum atomic E-state index is 0.00651. The van der Waals surface area contributed by atoms with Crippen LogP contribution in [-0.2, 0) is 0 Å². The number of anilines is 2. The van der Waals surface area contributed by atoms with Crippen LogP contribution in [0.25, 0.3) is 0 Å². The van der Waals surface area contributed by atoms with Gasteiger partial charge < -0.3 is 20.4 Å². The van der Waals surface area contributed by atoms with Gasteiger partial charge in [0.25, 0.3) is 5.91 Å². The first-order valence-corrected chi connectivity index (χ1v) is 7.42. The van der Waals surface area contributed by atoms with Crippen molar-refractivity contribution in [3.63, 3.8) is 0 Å². The minimum absolute atomic E-state index is 0.00651. The first-order chi connectivity index (χ1) is 9.90. The van der Waals surface area contributed by atoms with Crippen molar-refractivity contribution in [2.24, 2.45) is 0 Å². The summed E-state index contributed by atoms with van der Waals surface area (Å²) in [6.45, 7) is 1.95. The number of nitrogen functional groups attached to an aromatic ring is 1. The van der Waals surface area contributed by atoms with Gasteiger partial charge >= 0.3 is 0 Å². The van der Waals surface area contributed by atoms with Crippen molar-refractivity contribution in [1.29, 1.82) is 0 Å².